The average Bonchev–Trinajstić information content (AvgIpc) is 2.90. The molecule has 1 aromatic heterocycles. The zero-order valence-corrected chi connectivity index (χ0v) is 11.5. The zero-order chi connectivity index (χ0) is 14.7. The number of H-pyrrole nitrogens is 1. The van der Waals surface area contributed by atoms with E-state index < -0.39 is 0 Å². The van der Waals surface area contributed by atoms with Gasteiger partial charge in [-0.15, -0.1) is 0 Å². The van der Waals surface area contributed by atoms with Gasteiger partial charge in [-0.05, 0) is 30.2 Å². The number of methoxy groups -OCH3 is 1. The summed E-state index contributed by atoms with van der Waals surface area (Å²) in [5, 5.41) is 10.2. The van der Waals surface area contributed by atoms with E-state index in [1.807, 2.05) is 48.5 Å². The predicted molar refractivity (Wildman–Crippen MR) is 82.0 cm³/mol. The minimum absolute atomic E-state index is 0.566. The molecule has 0 amide bonds. The lowest BCUT2D eigenvalue weighted by Gasteiger charge is -1.97. The summed E-state index contributed by atoms with van der Waals surface area (Å²) in [6.45, 7) is 0. The number of ether oxygens (including phenoxy) is 1. The maximum Gasteiger partial charge on any atom is 0.120 e. The number of nitrogens with one attached hydrogen (secondary N) is 1. The second kappa shape index (κ2) is 5.45. The van der Waals surface area contributed by atoms with Crippen molar-refractivity contribution in [3.8, 4) is 23.7 Å². The summed E-state index contributed by atoms with van der Waals surface area (Å²) in [7, 11) is 1.62. The van der Waals surface area contributed by atoms with E-state index in [0.29, 0.717) is 11.3 Å². The molecule has 0 saturated heterocycles. The highest BCUT2D eigenvalue weighted by atomic mass is 16.5. The van der Waals surface area contributed by atoms with Crippen molar-refractivity contribution in [2.45, 2.75) is 0 Å². The van der Waals surface area contributed by atoms with Gasteiger partial charge in [0.15, 0.2) is 0 Å². The van der Waals surface area contributed by atoms with E-state index in [2.05, 4.69) is 22.9 Å². The molecule has 100 valence electrons. The molecule has 0 atom stereocenters. The number of aromatic nitrogens is 1. The predicted octanol–water partition coefficient (Wildman–Crippen LogP) is 3.45. The van der Waals surface area contributed by atoms with Crippen molar-refractivity contribution in [2.24, 2.45) is 0 Å². The number of fused-ring (bicyclic) bond motifs is 1. The quantitative estimate of drug-likeness (QED) is 0.690. The van der Waals surface area contributed by atoms with Crippen LogP contribution in [0, 0.1) is 23.2 Å². The molecule has 0 aliphatic heterocycles. The Bertz CT molecular complexity index is 890. The first-order valence-electron chi connectivity index (χ1n) is 6.48. The molecule has 3 heteroatoms. The van der Waals surface area contributed by atoms with E-state index in [1.54, 1.807) is 7.11 Å². The average molecular weight is 272 g/mol. The SMILES string of the molecule is COc1ccc2c(C#N)c(C#Cc3ccccc3)[nH]c2c1. The van der Waals surface area contributed by atoms with Gasteiger partial charge < -0.3 is 9.72 Å². The summed E-state index contributed by atoms with van der Waals surface area (Å²) in [6, 6.07) is 17.5. The topological polar surface area (TPSA) is 48.8 Å². The summed E-state index contributed by atoms with van der Waals surface area (Å²) in [4.78, 5) is 3.18. The Morgan fingerprint density at radius 3 is 2.57 bits per heavy atom. The molecule has 0 fully saturated rings. The van der Waals surface area contributed by atoms with Crippen LogP contribution in [0.4, 0.5) is 0 Å². The number of hydrogen-bond donors (Lipinski definition) is 1. The van der Waals surface area contributed by atoms with Crippen molar-refractivity contribution in [2.75, 3.05) is 7.11 Å². The van der Waals surface area contributed by atoms with E-state index in [-0.39, 0.29) is 0 Å². The van der Waals surface area contributed by atoms with Gasteiger partial charge in [-0.1, -0.05) is 24.1 Å². The molecule has 3 nitrogen and oxygen atoms in total. The Morgan fingerprint density at radius 1 is 1.05 bits per heavy atom. The lowest BCUT2D eigenvalue weighted by atomic mass is 10.1. The van der Waals surface area contributed by atoms with Gasteiger partial charge in [0.25, 0.3) is 0 Å². The van der Waals surface area contributed by atoms with Crippen LogP contribution in [0.25, 0.3) is 10.9 Å². The van der Waals surface area contributed by atoms with E-state index in [9.17, 15) is 5.26 Å². The van der Waals surface area contributed by atoms with Crippen LogP contribution >= 0.6 is 0 Å². The van der Waals surface area contributed by atoms with Gasteiger partial charge in [0, 0.05) is 17.0 Å². The minimum Gasteiger partial charge on any atom is -0.497 e. The number of aromatic amines is 1. The molecule has 0 bridgehead atoms. The van der Waals surface area contributed by atoms with E-state index in [4.69, 9.17) is 4.74 Å². The van der Waals surface area contributed by atoms with E-state index in [1.165, 1.54) is 0 Å². The maximum atomic E-state index is 9.36. The smallest absolute Gasteiger partial charge is 0.120 e. The summed E-state index contributed by atoms with van der Waals surface area (Å²) in [6.07, 6.45) is 0. The molecule has 3 aromatic rings. The first-order valence-corrected chi connectivity index (χ1v) is 6.48. The van der Waals surface area contributed by atoms with Gasteiger partial charge >= 0.3 is 0 Å². The number of nitrogens with zero attached hydrogens (tertiary/aromatic N) is 1. The number of rotatable bonds is 1. The van der Waals surface area contributed by atoms with Crippen molar-refractivity contribution in [1.82, 2.24) is 4.98 Å². The third-order valence-corrected chi connectivity index (χ3v) is 3.22. The summed E-state index contributed by atoms with van der Waals surface area (Å²) in [5.74, 6) is 6.85. The molecule has 0 saturated carbocycles. The van der Waals surface area contributed by atoms with Crippen molar-refractivity contribution >= 4 is 10.9 Å². The molecular weight excluding hydrogens is 260 g/mol. The Labute approximate surface area is 122 Å². The Kier molecular flexibility index (Phi) is 3.33. The van der Waals surface area contributed by atoms with Crippen LogP contribution in [0.3, 0.4) is 0 Å². The standard InChI is InChI=1S/C18H12N2O/c1-21-14-8-9-15-16(12-19)17(20-18(15)11-14)10-7-13-5-3-2-4-6-13/h2-6,8-9,11,20H,1H3. The van der Waals surface area contributed by atoms with Gasteiger partial charge in [0.1, 0.15) is 17.5 Å². The lowest BCUT2D eigenvalue weighted by molar-refractivity contribution is 0.415. The summed E-state index contributed by atoms with van der Waals surface area (Å²) >= 11 is 0. The van der Waals surface area contributed by atoms with Crippen LogP contribution < -0.4 is 4.74 Å². The molecule has 3 rings (SSSR count). The Hall–Kier alpha value is -3.17. The van der Waals surface area contributed by atoms with Gasteiger partial charge in [-0.25, -0.2) is 0 Å². The molecule has 0 spiro atoms. The van der Waals surface area contributed by atoms with Crippen molar-refractivity contribution in [3.05, 3.63) is 65.4 Å². The highest BCUT2D eigenvalue weighted by Gasteiger charge is 2.10. The minimum atomic E-state index is 0.566. The van der Waals surface area contributed by atoms with Crippen LogP contribution in [0.2, 0.25) is 0 Å². The lowest BCUT2D eigenvalue weighted by Crippen LogP contribution is -1.81. The third kappa shape index (κ3) is 2.45. The van der Waals surface area contributed by atoms with Crippen molar-refractivity contribution in [1.29, 1.82) is 5.26 Å². The van der Waals surface area contributed by atoms with Crippen LogP contribution in [-0.2, 0) is 0 Å². The fourth-order valence-corrected chi connectivity index (χ4v) is 2.17. The second-order valence-corrected chi connectivity index (χ2v) is 4.51. The van der Waals surface area contributed by atoms with E-state index >= 15 is 0 Å². The molecule has 21 heavy (non-hydrogen) atoms. The number of nitriles is 1. The monoisotopic (exact) mass is 272 g/mol. The molecule has 0 aliphatic carbocycles. The Morgan fingerprint density at radius 2 is 1.86 bits per heavy atom. The van der Waals surface area contributed by atoms with Crippen molar-refractivity contribution in [3.63, 3.8) is 0 Å². The molecule has 1 heterocycles. The fraction of sp³-hybridized carbons (Fsp3) is 0.0556. The number of benzene rings is 2. The maximum absolute atomic E-state index is 9.36. The highest BCUT2D eigenvalue weighted by molar-refractivity contribution is 5.89. The first kappa shape index (κ1) is 12.8. The molecular formula is C18H12N2O. The second-order valence-electron chi connectivity index (χ2n) is 4.51. The van der Waals surface area contributed by atoms with Gasteiger partial charge in [0.05, 0.1) is 18.2 Å². The van der Waals surface area contributed by atoms with Gasteiger partial charge in [-0.3, -0.25) is 0 Å². The van der Waals surface area contributed by atoms with E-state index in [0.717, 1.165) is 22.2 Å². The van der Waals surface area contributed by atoms with Gasteiger partial charge in [-0.2, -0.15) is 5.26 Å². The molecule has 1 N–H and O–H groups in total. The molecule has 0 unspecified atom stereocenters. The first-order chi connectivity index (χ1) is 10.3. The third-order valence-electron chi connectivity index (χ3n) is 3.22. The zero-order valence-electron chi connectivity index (χ0n) is 11.5. The van der Waals surface area contributed by atoms with Crippen LogP contribution in [-0.4, -0.2) is 12.1 Å². The van der Waals surface area contributed by atoms with Crippen LogP contribution in [0.15, 0.2) is 48.5 Å². The molecule has 0 radical (unpaired) electrons. The summed E-state index contributed by atoms with van der Waals surface area (Å²) < 4.78 is 5.20. The largest absolute Gasteiger partial charge is 0.497 e. The fourth-order valence-electron chi connectivity index (χ4n) is 2.17. The van der Waals surface area contributed by atoms with Crippen LogP contribution in [0.5, 0.6) is 5.75 Å². The summed E-state index contributed by atoms with van der Waals surface area (Å²) in [5.41, 5.74) is 2.96. The number of hydrogen-bond acceptors (Lipinski definition) is 2. The molecule has 0 aliphatic rings. The van der Waals surface area contributed by atoms with Crippen LogP contribution in [0.1, 0.15) is 16.8 Å². The normalized spacial score (nSPS) is 9.71. The van der Waals surface area contributed by atoms with Crippen molar-refractivity contribution < 1.29 is 4.74 Å². The van der Waals surface area contributed by atoms with Gasteiger partial charge in [0.2, 0.25) is 0 Å². The Balaban J connectivity index is 2.11. The molecule has 2 aromatic carbocycles. The highest BCUT2D eigenvalue weighted by Crippen LogP contribution is 2.25.